The summed E-state index contributed by atoms with van der Waals surface area (Å²) < 4.78 is 15.3. The smallest absolute Gasteiger partial charge is 0.337 e. The lowest BCUT2D eigenvalue weighted by atomic mass is 10.0. The molecule has 3 aromatic carbocycles. The molecule has 0 atom stereocenters. The fourth-order valence-electron chi connectivity index (χ4n) is 2.87. The van der Waals surface area contributed by atoms with E-state index in [1.54, 1.807) is 38.5 Å². The van der Waals surface area contributed by atoms with Crippen molar-refractivity contribution in [2.24, 2.45) is 0 Å². The monoisotopic (exact) mass is 420 g/mol. The minimum Gasteiger partial charge on any atom is -0.493 e. The van der Waals surface area contributed by atoms with Gasteiger partial charge in [0.05, 0.1) is 26.9 Å². The predicted octanol–water partition coefficient (Wildman–Crippen LogP) is 4.27. The maximum Gasteiger partial charge on any atom is 0.337 e. The van der Waals surface area contributed by atoms with Crippen LogP contribution in [0.1, 0.15) is 38.2 Å². The summed E-state index contributed by atoms with van der Waals surface area (Å²) in [6, 6.07) is 17.9. The molecule has 0 fully saturated rings. The first kappa shape index (κ1) is 22.1. The molecule has 0 spiro atoms. The van der Waals surface area contributed by atoms with Gasteiger partial charge in [-0.25, -0.2) is 4.79 Å². The fraction of sp³-hybridized carbons (Fsp3) is 0.107. The molecule has 0 radical (unpaired) electrons. The fourth-order valence-corrected chi connectivity index (χ4v) is 2.87. The van der Waals surface area contributed by atoms with Crippen LogP contribution in [0.2, 0.25) is 0 Å². The number of ether oxygens (including phenoxy) is 3. The summed E-state index contributed by atoms with van der Waals surface area (Å²) in [5.74, 6) is 15.9. The van der Waals surface area contributed by atoms with Gasteiger partial charge in [0.25, 0.3) is 0 Å². The molecule has 3 aromatic rings. The third kappa shape index (κ3) is 5.51. The highest BCUT2D eigenvalue weighted by Gasteiger charge is 2.04. The van der Waals surface area contributed by atoms with Crippen LogP contribution in [0, 0.1) is 36.0 Å². The molecule has 156 valence electrons. The molecule has 0 amide bonds. The van der Waals surface area contributed by atoms with Crippen LogP contribution in [-0.4, -0.2) is 27.3 Å². The molecule has 0 saturated carbocycles. The normalized spacial score (nSPS) is 9.31. The van der Waals surface area contributed by atoms with Gasteiger partial charge in [-0.1, -0.05) is 29.6 Å². The standard InChI is InChI=1S/C28H20O4/c1-5-20-16-23(8-6-21-10-13-25(14-11-21)28(29)32-4)18-24(17-20)9-7-22-12-15-26(30-2)27(19-22)31-3/h1,10-19H,2-4H3. The van der Waals surface area contributed by atoms with Crippen LogP contribution < -0.4 is 9.47 Å². The van der Waals surface area contributed by atoms with Gasteiger partial charge >= 0.3 is 5.97 Å². The molecular formula is C28H20O4. The molecule has 0 unspecified atom stereocenters. The summed E-state index contributed by atoms with van der Waals surface area (Å²) in [5, 5.41) is 0. The molecule has 0 aliphatic carbocycles. The van der Waals surface area contributed by atoms with E-state index in [0.29, 0.717) is 22.6 Å². The lowest BCUT2D eigenvalue weighted by molar-refractivity contribution is 0.0600. The van der Waals surface area contributed by atoms with Crippen molar-refractivity contribution >= 4 is 5.97 Å². The van der Waals surface area contributed by atoms with Crippen molar-refractivity contribution in [2.45, 2.75) is 0 Å². The zero-order chi connectivity index (χ0) is 22.9. The highest BCUT2D eigenvalue weighted by Crippen LogP contribution is 2.27. The Kier molecular flexibility index (Phi) is 7.21. The number of benzene rings is 3. The largest absolute Gasteiger partial charge is 0.493 e. The summed E-state index contributed by atoms with van der Waals surface area (Å²) in [4.78, 5) is 11.5. The molecule has 4 nitrogen and oxygen atoms in total. The second kappa shape index (κ2) is 10.4. The molecule has 0 aromatic heterocycles. The molecule has 0 aliphatic rings. The van der Waals surface area contributed by atoms with E-state index in [1.807, 2.05) is 36.4 Å². The third-order valence-corrected chi connectivity index (χ3v) is 4.49. The van der Waals surface area contributed by atoms with Gasteiger partial charge in [-0.3, -0.25) is 0 Å². The Labute approximate surface area is 188 Å². The highest BCUT2D eigenvalue weighted by atomic mass is 16.5. The van der Waals surface area contributed by atoms with Gasteiger partial charge < -0.3 is 14.2 Å². The van der Waals surface area contributed by atoms with Crippen molar-refractivity contribution < 1.29 is 19.0 Å². The van der Waals surface area contributed by atoms with Crippen LogP contribution in [0.25, 0.3) is 0 Å². The Morgan fingerprint density at radius 2 is 1.19 bits per heavy atom. The van der Waals surface area contributed by atoms with Crippen molar-refractivity contribution in [3.63, 3.8) is 0 Å². The maximum atomic E-state index is 11.5. The number of carbonyl (C=O) groups is 1. The first-order valence-corrected chi connectivity index (χ1v) is 9.62. The number of esters is 1. The summed E-state index contributed by atoms with van der Waals surface area (Å²) in [7, 11) is 4.52. The number of methoxy groups -OCH3 is 3. The van der Waals surface area contributed by atoms with E-state index in [9.17, 15) is 4.79 Å². The molecule has 32 heavy (non-hydrogen) atoms. The average molecular weight is 420 g/mol. The molecule has 4 heteroatoms. The number of hydrogen-bond acceptors (Lipinski definition) is 4. The zero-order valence-electron chi connectivity index (χ0n) is 18.0. The Morgan fingerprint density at radius 1 is 0.656 bits per heavy atom. The van der Waals surface area contributed by atoms with Crippen molar-refractivity contribution in [3.05, 3.63) is 94.0 Å². The molecule has 0 N–H and O–H groups in total. The van der Waals surface area contributed by atoms with E-state index in [1.165, 1.54) is 7.11 Å². The van der Waals surface area contributed by atoms with E-state index in [-0.39, 0.29) is 5.97 Å². The van der Waals surface area contributed by atoms with Gasteiger partial charge in [-0.05, 0) is 60.7 Å². The maximum absolute atomic E-state index is 11.5. The summed E-state index contributed by atoms with van der Waals surface area (Å²) in [6.45, 7) is 0. The number of carbonyl (C=O) groups excluding carboxylic acids is 1. The number of rotatable bonds is 3. The van der Waals surface area contributed by atoms with Gasteiger partial charge in [-0.2, -0.15) is 0 Å². The van der Waals surface area contributed by atoms with Crippen LogP contribution in [0.5, 0.6) is 11.5 Å². The van der Waals surface area contributed by atoms with E-state index in [4.69, 9.17) is 20.6 Å². The second-order valence-corrected chi connectivity index (χ2v) is 6.58. The SMILES string of the molecule is C#Cc1cc(C#Cc2ccc(C(=O)OC)cc2)cc(C#Cc2ccc(OC)c(OC)c2)c1. The Balaban J connectivity index is 1.88. The lowest BCUT2D eigenvalue weighted by Gasteiger charge is -2.06. The first-order chi connectivity index (χ1) is 15.6. The molecule has 0 heterocycles. The molecule has 0 aliphatic heterocycles. The Morgan fingerprint density at radius 3 is 1.75 bits per heavy atom. The lowest BCUT2D eigenvalue weighted by Crippen LogP contribution is -2.00. The first-order valence-electron chi connectivity index (χ1n) is 9.62. The summed E-state index contributed by atoms with van der Waals surface area (Å²) in [6.07, 6.45) is 5.61. The molecular weight excluding hydrogens is 400 g/mol. The van der Waals surface area contributed by atoms with E-state index in [0.717, 1.165) is 22.3 Å². The van der Waals surface area contributed by atoms with E-state index >= 15 is 0 Å². The summed E-state index contributed by atoms with van der Waals surface area (Å²) >= 11 is 0. The Bertz CT molecular complexity index is 1300. The molecule has 0 saturated heterocycles. The van der Waals surface area contributed by atoms with E-state index in [2.05, 4.69) is 29.6 Å². The van der Waals surface area contributed by atoms with Crippen LogP contribution in [0.3, 0.4) is 0 Å². The van der Waals surface area contributed by atoms with Gasteiger partial charge in [0.15, 0.2) is 11.5 Å². The van der Waals surface area contributed by atoms with Crippen molar-refractivity contribution in [2.75, 3.05) is 21.3 Å². The second-order valence-electron chi connectivity index (χ2n) is 6.58. The predicted molar refractivity (Wildman–Crippen MR) is 124 cm³/mol. The minimum atomic E-state index is -0.385. The van der Waals surface area contributed by atoms with Crippen LogP contribution in [0.4, 0.5) is 0 Å². The number of hydrogen-bond donors (Lipinski definition) is 0. The van der Waals surface area contributed by atoms with Crippen molar-refractivity contribution in [1.29, 1.82) is 0 Å². The van der Waals surface area contributed by atoms with E-state index < -0.39 is 0 Å². The summed E-state index contributed by atoms with van der Waals surface area (Å²) in [5.41, 5.74) is 4.21. The Hall–Kier alpha value is -4.59. The average Bonchev–Trinajstić information content (AvgIpc) is 2.85. The number of terminal acetylenes is 1. The van der Waals surface area contributed by atoms with Crippen molar-refractivity contribution in [1.82, 2.24) is 0 Å². The minimum absolute atomic E-state index is 0.385. The van der Waals surface area contributed by atoms with Gasteiger partial charge in [0, 0.05) is 27.8 Å². The van der Waals surface area contributed by atoms with Gasteiger partial charge in [0.2, 0.25) is 0 Å². The third-order valence-electron chi connectivity index (χ3n) is 4.49. The quantitative estimate of drug-likeness (QED) is 0.469. The molecule has 3 rings (SSSR count). The van der Waals surface area contributed by atoms with Crippen molar-refractivity contribution in [3.8, 4) is 47.5 Å². The zero-order valence-corrected chi connectivity index (χ0v) is 18.0. The van der Waals surface area contributed by atoms with Crippen LogP contribution in [-0.2, 0) is 4.74 Å². The van der Waals surface area contributed by atoms with Gasteiger partial charge in [0.1, 0.15) is 0 Å². The van der Waals surface area contributed by atoms with Crippen LogP contribution in [0.15, 0.2) is 60.7 Å². The molecule has 0 bridgehead atoms. The topological polar surface area (TPSA) is 44.8 Å². The van der Waals surface area contributed by atoms with Crippen LogP contribution >= 0.6 is 0 Å². The van der Waals surface area contributed by atoms with Gasteiger partial charge in [-0.15, -0.1) is 6.42 Å². The highest BCUT2D eigenvalue weighted by molar-refractivity contribution is 5.89.